The van der Waals surface area contributed by atoms with E-state index in [9.17, 15) is 0 Å². The summed E-state index contributed by atoms with van der Waals surface area (Å²) in [7, 11) is 0.191. The minimum Gasteiger partial charge on any atom is -0.305 e. The van der Waals surface area contributed by atoms with Crippen LogP contribution in [-0.4, -0.2) is 44.0 Å². The second-order valence-electron chi connectivity index (χ2n) is 18.2. The first-order valence-corrected chi connectivity index (χ1v) is 29.9. The quantitative estimate of drug-likeness (QED) is 0.0929. The van der Waals surface area contributed by atoms with E-state index in [1.165, 1.54) is 60.3 Å². The molecule has 0 N–H and O–H groups in total. The summed E-state index contributed by atoms with van der Waals surface area (Å²) in [6.45, 7) is 9.59. The number of rotatable bonds is 11. The summed E-state index contributed by atoms with van der Waals surface area (Å²) in [6.07, 6.45) is 4.97. The van der Waals surface area contributed by atoms with Gasteiger partial charge in [0.25, 0.3) is 0 Å². The molecule has 0 fully saturated rings. The molecule has 2 heterocycles. The number of pyridine rings is 1. The number of thiophene rings is 1. The zero-order valence-corrected chi connectivity index (χ0v) is 45.1. The second-order valence-corrected chi connectivity index (χ2v) is 25.1. The van der Waals surface area contributed by atoms with Crippen molar-refractivity contribution in [2.24, 2.45) is 0 Å². The van der Waals surface area contributed by atoms with Gasteiger partial charge in [-0.15, -0.1) is 52.3 Å². The standard InChI is InChI=1S/C59H36NS.C6H16P2.Ir/c1-3-15-40(16-4-1)49-19-7-10-22-52(49)46-35-47(53-23-11-8-20-50(53)41-17-5-2-6-18-41)37-48(36-46)54-24-12-9-21-51(54)42-27-29-43(30-28-42)57-38-45(33-34-60-57)44-31-32-56-55-25-13-14-26-58(55)61-59(56)39-44;1-7(2)5-6-8(3)4;/h1-3,5,7-29,31-39H;5-6H2,1-4H3;/q-3;;+3/p+2. The van der Waals surface area contributed by atoms with E-state index in [4.69, 9.17) is 4.98 Å². The third-order valence-corrected chi connectivity index (χ3v) is 16.8. The van der Waals surface area contributed by atoms with Gasteiger partial charge in [-0.05, 0) is 102 Å². The Bertz CT molecular complexity index is 3400. The predicted molar refractivity (Wildman–Crippen MR) is 307 cm³/mol. The van der Waals surface area contributed by atoms with E-state index in [1.807, 2.05) is 29.7 Å². The predicted octanol–water partition coefficient (Wildman–Crippen LogP) is 18.1. The molecular formula is C65H54IrNP2S+2. The van der Waals surface area contributed by atoms with Gasteiger partial charge >= 0.3 is 20.1 Å². The molecular weight excluding hydrogens is 1080 g/mol. The van der Waals surface area contributed by atoms with E-state index < -0.39 is 0 Å². The van der Waals surface area contributed by atoms with Crippen molar-refractivity contribution in [1.29, 1.82) is 0 Å². The minimum absolute atomic E-state index is 0. The van der Waals surface area contributed by atoms with Gasteiger partial charge < -0.3 is 4.98 Å². The van der Waals surface area contributed by atoms with Crippen LogP contribution < -0.4 is 0 Å². The molecule has 0 saturated heterocycles. The number of benzene rings is 9. The Kier molecular flexibility index (Phi) is 15.9. The minimum atomic E-state index is 0. The summed E-state index contributed by atoms with van der Waals surface area (Å²) in [4.78, 5) is 4.80. The molecule has 70 heavy (non-hydrogen) atoms. The third kappa shape index (κ3) is 11.1. The molecule has 0 amide bonds. The van der Waals surface area contributed by atoms with E-state index in [-0.39, 0.29) is 35.9 Å². The van der Waals surface area contributed by atoms with Crippen molar-refractivity contribution in [3.05, 3.63) is 237 Å². The largest absolute Gasteiger partial charge is 3.00 e. The van der Waals surface area contributed by atoms with E-state index in [1.54, 1.807) is 0 Å². The zero-order chi connectivity index (χ0) is 47.1. The first kappa shape index (κ1) is 48.9. The molecule has 0 radical (unpaired) electrons. The average Bonchev–Trinajstić information content (AvgIpc) is 3.79. The Labute approximate surface area is 434 Å². The summed E-state index contributed by atoms with van der Waals surface area (Å²) in [5, 5.41) is 2.62. The molecule has 0 aliphatic carbocycles. The van der Waals surface area contributed by atoms with Gasteiger partial charge in [0.15, 0.2) is 0 Å². The Balaban J connectivity index is 0.000000624. The molecule has 11 aromatic rings. The summed E-state index contributed by atoms with van der Waals surface area (Å²) in [5.74, 6) is 0. The summed E-state index contributed by atoms with van der Waals surface area (Å²) < 4.78 is 2.61. The molecule has 1 nitrogen and oxygen atoms in total. The van der Waals surface area contributed by atoms with Gasteiger partial charge in [-0.1, -0.05) is 131 Å². The molecule has 0 bridgehead atoms. The average molecular weight is 1140 g/mol. The van der Waals surface area contributed by atoms with Crippen LogP contribution in [0.25, 0.3) is 109 Å². The maximum absolute atomic E-state index is 4.80. The molecule has 9 aromatic carbocycles. The Morgan fingerprint density at radius 3 is 1.34 bits per heavy atom. The number of fused-ring (bicyclic) bond motifs is 3. The summed E-state index contributed by atoms with van der Waals surface area (Å²) in [5.41, 5.74) is 18.0. The molecule has 0 aliphatic heterocycles. The summed E-state index contributed by atoms with van der Waals surface area (Å²) in [6, 6.07) is 85.9. The van der Waals surface area contributed by atoms with Crippen molar-refractivity contribution in [3.63, 3.8) is 0 Å². The Hall–Kier alpha value is -6.14. The molecule has 11 rings (SSSR count). The first-order chi connectivity index (χ1) is 33.9. The van der Waals surface area contributed by atoms with Crippen LogP contribution in [0.15, 0.2) is 219 Å². The fourth-order valence-corrected chi connectivity index (χ4v) is 14.2. The monoisotopic (exact) mass is 1140 g/mol. The molecule has 5 heteroatoms. The molecule has 0 atom stereocenters. The van der Waals surface area contributed by atoms with Gasteiger partial charge in [-0.2, -0.15) is 60.7 Å². The fraction of sp³-hybridized carbons (Fsp3) is 0.0923. The number of aromatic nitrogens is 1. The second kappa shape index (κ2) is 22.7. The molecule has 0 saturated carbocycles. The number of hydrogen-bond acceptors (Lipinski definition) is 2. The van der Waals surface area contributed by atoms with E-state index in [0.29, 0.717) is 0 Å². The van der Waals surface area contributed by atoms with Crippen LogP contribution in [0, 0.1) is 18.2 Å². The zero-order valence-electron chi connectivity index (χ0n) is 39.9. The van der Waals surface area contributed by atoms with E-state index in [2.05, 4.69) is 245 Å². The smallest absolute Gasteiger partial charge is 0.305 e. The van der Waals surface area contributed by atoms with Gasteiger partial charge in [0, 0.05) is 53.0 Å². The van der Waals surface area contributed by atoms with Crippen molar-refractivity contribution in [2.45, 2.75) is 0 Å². The van der Waals surface area contributed by atoms with Crippen LogP contribution in [-0.2, 0) is 20.1 Å². The molecule has 0 unspecified atom stereocenters. The van der Waals surface area contributed by atoms with Crippen molar-refractivity contribution < 1.29 is 20.1 Å². The maximum atomic E-state index is 4.80. The number of hydrogen-bond donors (Lipinski definition) is 0. The molecule has 0 spiro atoms. The topological polar surface area (TPSA) is 12.9 Å². The van der Waals surface area contributed by atoms with Crippen molar-refractivity contribution in [3.8, 4) is 89.1 Å². The molecule has 0 aliphatic rings. The van der Waals surface area contributed by atoms with Crippen molar-refractivity contribution >= 4 is 47.4 Å². The van der Waals surface area contributed by atoms with Gasteiger partial charge in [0.1, 0.15) is 0 Å². The van der Waals surface area contributed by atoms with Gasteiger partial charge in [0.2, 0.25) is 0 Å². The van der Waals surface area contributed by atoms with Crippen molar-refractivity contribution in [1.82, 2.24) is 4.98 Å². The molecule has 2 aromatic heterocycles. The van der Waals surface area contributed by atoms with E-state index >= 15 is 0 Å². The van der Waals surface area contributed by atoms with E-state index in [0.717, 1.165) is 61.3 Å². The van der Waals surface area contributed by atoms with Crippen LogP contribution in [0.2, 0.25) is 0 Å². The van der Waals surface area contributed by atoms with Crippen LogP contribution in [0.3, 0.4) is 0 Å². The molecule has 342 valence electrons. The van der Waals surface area contributed by atoms with Crippen LogP contribution >= 0.6 is 27.2 Å². The third-order valence-electron chi connectivity index (χ3n) is 12.7. The normalized spacial score (nSPS) is 11.1. The van der Waals surface area contributed by atoms with Gasteiger partial charge in [-0.25, -0.2) is 0 Å². The Morgan fingerprint density at radius 1 is 0.400 bits per heavy atom. The fourth-order valence-electron chi connectivity index (χ4n) is 9.09. The van der Waals surface area contributed by atoms with Crippen LogP contribution in [0.5, 0.6) is 0 Å². The summed E-state index contributed by atoms with van der Waals surface area (Å²) >= 11 is 1.84. The maximum Gasteiger partial charge on any atom is 3.00 e. The van der Waals surface area contributed by atoms with Gasteiger partial charge in [0.05, 0.1) is 12.3 Å². The first-order valence-electron chi connectivity index (χ1n) is 23.7. The van der Waals surface area contributed by atoms with Gasteiger partial charge in [-0.3, -0.25) is 0 Å². The van der Waals surface area contributed by atoms with Crippen LogP contribution in [0.4, 0.5) is 0 Å². The Morgan fingerprint density at radius 2 is 0.857 bits per heavy atom. The van der Waals surface area contributed by atoms with Crippen molar-refractivity contribution in [2.75, 3.05) is 39.0 Å². The van der Waals surface area contributed by atoms with Crippen LogP contribution in [0.1, 0.15) is 0 Å². The SMILES string of the molecule is C[PH+](C)CC[PH+](C)C.[Ir+3].[c-]1cccc(-c2ccccc2-c2cc(-c3ccccc3-c3c[c-]ccc3)cc(-c3ccccc3-c3c[c-]c(-c4cc(-c5ccc6c(c5)sc5ccccc56)ccn4)cc3)c2)c1. The number of nitrogens with zero attached hydrogens (tertiary/aromatic N) is 1.